The van der Waals surface area contributed by atoms with Gasteiger partial charge < -0.3 is 10.6 Å². The maximum absolute atomic E-state index is 12.3. The summed E-state index contributed by atoms with van der Waals surface area (Å²) < 4.78 is 0. The van der Waals surface area contributed by atoms with Gasteiger partial charge in [-0.2, -0.15) is 11.3 Å². The molecule has 1 heterocycles. The zero-order chi connectivity index (χ0) is 15.1. The smallest absolute Gasteiger partial charge is 0.243 e. The Balaban J connectivity index is 1.83. The van der Waals surface area contributed by atoms with Gasteiger partial charge in [0.1, 0.15) is 0 Å². The summed E-state index contributed by atoms with van der Waals surface area (Å²) >= 11 is 1.67. The van der Waals surface area contributed by atoms with Crippen molar-refractivity contribution >= 4 is 23.2 Å². The van der Waals surface area contributed by atoms with Gasteiger partial charge in [0.2, 0.25) is 11.8 Å². The van der Waals surface area contributed by atoms with Gasteiger partial charge in [-0.1, -0.05) is 19.4 Å². The Hall–Kier alpha value is -1.62. The van der Waals surface area contributed by atoms with Crippen LogP contribution < -0.4 is 10.6 Å². The van der Waals surface area contributed by atoms with Gasteiger partial charge in [0, 0.05) is 12.6 Å². The molecular weight excluding hydrogens is 284 g/mol. The first-order valence-electron chi connectivity index (χ1n) is 7.42. The van der Waals surface area contributed by atoms with E-state index in [1.165, 1.54) is 11.6 Å². The molecule has 1 saturated carbocycles. The summed E-state index contributed by atoms with van der Waals surface area (Å²) in [7, 11) is 0. The summed E-state index contributed by atoms with van der Waals surface area (Å²) in [6.45, 7) is 4.11. The van der Waals surface area contributed by atoms with Crippen LogP contribution in [0.4, 0.5) is 0 Å². The molecule has 1 aliphatic carbocycles. The van der Waals surface area contributed by atoms with Gasteiger partial charge in [-0.05, 0) is 47.7 Å². The van der Waals surface area contributed by atoms with Crippen LogP contribution in [0.3, 0.4) is 0 Å². The fourth-order valence-corrected chi connectivity index (χ4v) is 3.46. The van der Waals surface area contributed by atoms with Crippen LogP contribution >= 0.6 is 11.3 Å². The van der Waals surface area contributed by atoms with E-state index in [2.05, 4.69) is 28.7 Å². The lowest BCUT2D eigenvalue weighted by Gasteiger charge is -2.30. The third kappa shape index (κ3) is 4.70. The molecule has 0 aromatic carbocycles. The number of nitrogens with one attached hydrogen (secondary N) is 2. The first kappa shape index (κ1) is 15.8. The molecule has 5 heteroatoms. The first-order valence-corrected chi connectivity index (χ1v) is 8.36. The second kappa shape index (κ2) is 7.98. The van der Waals surface area contributed by atoms with E-state index < -0.39 is 0 Å². The molecule has 0 radical (unpaired) electrons. The monoisotopic (exact) mass is 306 g/mol. The highest BCUT2D eigenvalue weighted by atomic mass is 32.1. The van der Waals surface area contributed by atoms with Crippen LogP contribution in [-0.2, 0) is 16.0 Å². The Morgan fingerprint density at radius 3 is 2.90 bits per heavy atom. The summed E-state index contributed by atoms with van der Waals surface area (Å²) in [6.07, 6.45) is 5.92. The van der Waals surface area contributed by atoms with Crippen molar-refractivity contribution in [2.24, 2.45) is 5.92 Å². The highest BCUT2D eigenvalue weighted by Crippen LogP contribution is 2.24. The number of rotatable bonds is 6. The topological polar surface area (TPSA) is 58.2 Å². The molecule has 21 heavy (non-hydrogen) atoms. The molecule has 2 amide bonds. The van der Waals surface area contributed by atoms with E-state index in [0.717, 1.165) is 32.1 Å². The molecule has 0 spiro atoms. The van der Waals surface area contributed by atoms with E-state index in [9.17, 15) is 9.59 Å². The fraction of sp³-hybridized carbons (Fsp3) is 0.500. The molecule has 1 aromatic rings. The van der Waals surface area contributed by atoms with Gasteiger partial charge in [0.05, 0.1) is 5.92 Å². The minimum absolute atomic E-state index is 0.0549. The van der Waals surface area contributed by atoms with E-state index in [0.29, 0.717) is 6.54 Å². The maximum atomic E-state index is 12.3. The first-order chi connectivity index (χ1) is 10.2. The Labute approximate surface area is 129 Å². The van der Waals surface area contributed by atoms with Gasteiger partial charge in [-0.15, -0.1) is 0 Å². The van der Waals surface area contributed by atoms with Crippen LogP contribution in [0.1, 0.15) is 31.2 Å². The molecule has 114 valence electrons. The van der Waals surface area contributed by atoms with E-state index in [1.54, 1.807) is 11.3 Å². The lowest BCUT2D eigenvalue weighted by Crippen LogP contribution is -2.48. The largest absolute Gasteiger partial charge is 0.355 e. The quantitative estimate of drug-likeness (QED) is 0.792. The molecule has 1 aliphatic rings. The lowest BCUT2D eigenvalue weighted by molar-refractivity contribution is -0.127. The zero-order valence-corrected chi connectivity index (χ0v) is 13.0. The van der Waals surface area contributed by atoms with Crippen LogP contribution in [-0.4, -0.2) is 24.4 Å². The summed E-state index contributed by atoms with van der Waals surface area (Å²) in [4.78, 5) is 23.8. The normalized spacial score (nSPS) is 21.5. The molecule has 0 unspecified atom stereocenters. The van der Waals surface area contributed by atoms with Crippen molar-refractivity contribution in [1.29, 1.82) is 0 Å². The number of hydrogen-bond donors (Lipinski definition) is 2. The number of amides is 2. The third-order valence-electron chi connectivity index (χ3n) is 3.91. The second-order valence-corrected chi connectivity index (χ2v) is 6.16. The number of carbonyl (C=O) groups excluding carboxylic acids is 2. The number of hydrogen-bond acceptors (Lipinski definition) is 3. The molecule has 2 rings (SSSR count). The third-order valence-corrected chi connectivity index (χ3v) is 4.64. The average Bonchev–Trinajstić information content (AvgIpc) is 3.01. The number of carbonyl (C=O) groups is 2. The molecule has 0 aliphatic heterocycles. The summed E-state index contributed by atoms with van der Waals surface area (Å²) in [6, 6.07) is 2.01. The molecule has 1 aromatic heterocycles. The Kier molecular flexibility index (Phi) is 5.99. The van der Waals surface area contributed by atoms with Crippen molar-refractivity contribution in [3.63, 3.8) is 0 Å². The van der Waals surface area contributed by atoms with Gasteiger partial charge in [0.25, 0.3) is 0 Å². The zero-order valence-electron chi connectivity index (χ0n) is 12.1. The van der Waals surface area contributed by atoms with Gasteiger partial charge in [-0.3, -0.25) is 9.59 Å². The Morgan fingerprint density at radius 2 is 2.19 bits per heavy atom. The SMILES string of the molecule is C=CC(=O)N[C@@H]1CCCC[C@@H]1C(=O)NCCc1ccsc1. The van der Waals surface area contributed by atoms with E-state index in [4.69, 9.17) is 0 Å². The average molecular weight is 306 g/mol. The van der Waals surface area contributed by atoms with E-state index >= 15 is 0 Å². The molecule has 4 nitrogen and oxygen atoms in total. The second-order valence-electron chi connectivity index (χ2n) is 5.38. The Morgan fingerprint density at radius 1 is 1.38 bits per heavy atom. The number of thiophene rings is 1. The van der Waals surface area contributed by atoms with Crippen LogP contribution in [0.5, 0.6) is 0 Å². The van der Waals surface area contributed by atoms with Crippen molar-refractivity contribution in [3.8, 4) is 0 Å². The minimum Gasteiger partial charge on any atom is -0.355 e. The van der Waals surface area contributed by atoms with Gasteiger partial charge in [0.15, 0.2) is 0 Å². The highest BCUT2D eigenvalue weighted by molar-refractivity contribution is 7.07. The summed E-state index contributed by atoms with van der Waals surface area (Å²) in [5.41, 5.74) is 1.25. The van der Waals surface area contributed by atoms with Crippen molar-refractivity contribution in [3.05, 3.63) is 35.0 Å². The summed E-state index contributed by atoms with van der Waals surface area (Å²) in [5.74, 6) is -0.262. The van der Waals surface area contributed by atoms with Gasteiger partial charge in [-0.25, -0.2) is 0 Å². The van der Waals surface area contributed by atoms with Crippen molar-refractivity contribution < 1.29 is 9.59 Å². The highest BCUT2D eigenvalue weighted by Gasteiger charge is 2.31. The molecule has 2 atom stereocenters. The molecular formula is C16H22N2O2S. The van der Waals surface area contributed by atoms with E-state index in [1.807, 2.05) is 5.38 Å². The van der Waals surface area contributed by atoms with Crippen LogP contribution in [0.2, 0.25) is 0 Å². The molecule has 0 saturated heterocycles. The standard InChI is InChI=1S/C16H22N2O2S/c1-2-15(19)18-14-6-4-3-5-13(14)16(20)17-9-7-12-8-10-21-11-12/h2,8,10-11,13-14H,1,3-7,9H2,(H,17,20)(H,18,19)/t13-,14+/m0/s1. The lowest BCUT2D eigenvalue weighted by atomic mass is 9.83. The minimum atomic E-state index is -0.196. The van der Waals surface area contributed by atoms with Gasteiger partial charge >= 0.3 is 0 Å². The van der Waals surface area contributed by atoms with Crippen LogP contribution in [0.25, 0.3) is 0 Å². The molecule has 0 bridgehead atoms. The van der Waals surface area contributed by atoms with Crippen molar-refractivity contribution in [1.82, 2.24) is 10.6 Å². The Bertz CT molecular complexity index is 484. The van der Waals surface area contributed by atoms with Crippen LogP contribution in [0, 0.1) is 5.92 Å². The van der Waals surface area contributed by atoms with Crippen molar-refractivity contribution in [2.45, 2.75) is 38.1 Å². The molecule has 2 N–H and O–H groups in total. The predicted molar refractivity (Wildman–Crippen MR) is 85.1 cm³/mol. The van der Waals surface area contributed by atoms with Crippen LogP contribution in [0.15, 0.2) is 29.5 Å². The summed E-state index contributed by atoms with van der Waals surface area (Å²) in [5, 5.41) is 10.0. The van der Waals surface area contributed by atoms with E-state index in [-0.39, 0.29) is 23.8 Å². The molecule has 1 fully saturated rings. The van der Waals surface area contributed by atoms with Crippen molar-refractivity contribution in [2.75, 3.05) is 6.54 Å². The fourth-order valence-electron chi connectivity index (χ4n) is 2.76. The maximum Gasteiger partial charge on any atom is 0.243 e. The predicted octanol–water partition coefficient (Wildman–Crippen LogP) is 2.27.